The maximum atomic E-state index is 12.7. The predicted octanol–water partition coefficient (Wildman–Crippen LogP) is 3.07. The maximum absolute atomic E-state index is 12.7. The van der Waals surface area contributed by atoms with Gasteiger partial charge in [0.1, 0.15) is 5.52 Å². The molecule has 3 N–H and O–H groups in total. The number of carbonyl (C=O) groups is 2. The smallest absolute Gasteiger partial charge is 0.319 e. The minimum atomic E-state index is -0.545. The van der Waals surface area contributed by atoms with Crippen molar-refractivity contribution in [2.45, 2.75) is 37.6 Å². The molecule has 2 aliphatic rings. The molecule has 1 aromatic carbocycles. The summed E-state index contributed by atoms with van der Waals surface area (Å²) in [5, 5.41) is 9.32. The van der Waals surface area contributed by atoms with Crippen molar-refractivity contribution in [1.82, 2.24) is 20.5 Å². The number of amides is 3. The topological polar surface area (TPSA) is 99.5 Å². The molecule has 4 rings (SSSR count). The summed E-state index contributed by atoms with van der Waals surface area (Å²) in [4.78, 5) is 31.0. The third-order valence-electron chi connectivity index (χ3n) is 5.64. The highest BCUT2D eigenvalue weighted by Gasteiger charge is 2.44. The summed E-state index contributed by atoms with van der Waals surface area (Å²) in [7, 11) is 3.54. The van der Waals surface area contributed by atoms with Crippen molar-refractivity contribution in [3.05, 3.63) is 22.5 Å². The van der Waals surface area contributed by atoms with E-state index in [0.29, 0.717) is 34.9 Å². The van der Waals surface area contributed by atoms with Gasteiger partial charge in [0.25, 0.3) is 5.89 Å². The molecule has 0 bridgehead atoms. The van der Waals surface area contributed by atoms with Gasteiger partial charge in [0, 0.05) is 25.7 Å². The molecule has 1 aliphatic heterocycles. The number of anilines is 1. The van der Waals surface area contributed by atoms with E-state index >= 15 is 0 Å². The molecule has 1 aromatic heterocycles. The van der Waals surface area contributed by atoms with Gasteiger partial charge in [-0.2, -0.15) is 0 Å². The Bertz CT molecular complexity index is 935. The Hall–Kier alpha value is -2.32. The Morgan fingerprint density at radius 3 is 2.86 bits per heavy atom. The number of oxazole rings is 1. The molecule has 0 unspecified atom stereocenters. The molecule has 150 valence electrons. The minimum Gasteiger partial charge on any atom is -0.432 e. The zero-order valence-corrected chi connectivity index (χ0v) is 16.8. The lowest BCUT2D eigenvalue weighted by atomic mass is 9.74. The summed E-state index contributed by atoms with van der Waals surface area (Å²) in [6.07, 6.45) is 4.73. The number of rotatable bonds is 4. The Labute approximate surface area is 168 Å². The van der Waals surface area contributed by atoms with E-state index in [1.54, 1.807) is 18.0 Å². The van der Waals surface area contributed by atoms with E-state index in [1.807, 2.05) is 7.05 Å². The highest BCUT2D eigenvalue weighted by atomic mass is 35.5. The van der Waals surface area contributed by atoms with Crippen LogP contribution >= 0.6 is 11.6 Å². The average molecular weight is 406 g/mol. The molecule has 8 nitrogen and oxygen atoms in total. The fourth-order valence-electron chi connectivity index (χ4n) is 4.20. The lowest BCUT2D eigenvalue weighted by Crippen LogP contribution is -2.52. The highest BCUT2D eigenvalue weighted by molar-refractivity contribution is 6.35. The van der Waals surface area contributed by atoms with Gasteiger partial charge in [0.05, 0.1) is 16.2 Å². The molecule has 3 amide bonds. The quantitative estimate of drug-likeness (QED) is 0.725. The molecular weight excluding hydrogens is 382 g/mol. The summed E-state index contributed by atoms with van der Waals surface area (Å²) in [5.74, 6) is -0.261. The van der Waals surface area contributed by atoms with Gasteiger partial charge in [-0.3, -0.25) is 4.79 Å². The van der Waals surface area contributed by atoms with E-state index in [4.69, 9.17) is 16.0 Å². The van der Waals surface area contributed by atoms with E-state index in [-0.39, 0.29) is 17.8 Å². The number of urea groups is 1. The van der Waals surface area contributed by atoms with Crippen LogP contribution in [0.25, 0.3) is 11.1 Å². The van der Waals surface area contributed by atoms with Gasteiger partial charge in [-0.05, 0) is 26.0 Å². The van der Waals surface area contributed by atoms with Crippen LogP contribution in [0.5, 0.6) is 0 Å². The van der Waals surface area contributed by atoms with Crippen molar-refractivity contribution in [2.24, 2.45) is 0 Å². The first kappa shape index (κ1) is 19.0. The lowest BCUT2D eigenvalue weighted by molar-refractivity contribution is 0.0759. The van der Waals surface area contributed by atoms with Crippen molar-refractivity contribution in [3.63, 3.8) is 0 Å². The van der Waals surface area contributed by atoms with Crippen molar-refractivity contribution in [3.8, 4) is 0 Å². The first-order valence-electron chi connectivity index (χ1n) is 9.58. The number of nitrogens with one attached hydrogen (secondary N) is 3. The van der Waals surface area contributed by atoms with E-state index in [1.165, 1.54) is 0 Å². The number of hydrogen-bond acceptors (Lipinski definition) is 5. The van der Waals surface area contributed by atoms with Gasteiger partial charge in [-0.1, -0.05) is 30.9 Å². The van der Waals surface area contributed by atoms with Gasteiger partial charge >= 0.3 is 11.9 Å². The van der Waals surface area contributed by atoms with Gasteiger partial charge in [-0.25, -0.2) is 9.78 Å². The Kier molecular flexibility index (Phi) is 4.93. The molecule has 0 saturated heterocycles. The van der Waals surface area contributed by atoms with Crippen LogP contribution in [-0.4, -0.2) is 49.0 Å². The van der Waals surface area contributed by atoms with Crippen molar-refractivity contribution in [2.75, 3.05) is 32.5 Å². The first-order valence-corrected chi connectivity index (χ1v) is 9.96. The summed E-state index contributed by atoms with van der Waals surface area (Å²) < 4.78 is 5.97. The molecule has 2 heterocycles. The average Bonchev–Trinajstić information content (AvgIpc) is 3.09. The normalized spacial score (nSPS) is 17.9. The molecule has 1 aliphatic carbocycles. The second-order valence-corrected chi connectivity index (χ2v) is 7.94. The number of carbonyl (C=O) groups excluding carboxylic acids is 2. The number of hydrogen-bond donors (Lipinski definition) is 3. The van der Waals surface area contributed by atoms with Crippen molar-refractivity contribution < 1.29 is 14.0 Å². The number of aromatic nitrogens is 1. The van der Waals surface area contributed by atoms with E-state index in [2.05, 4.69) is 20.9 Å². The maximum Gasteiger partial charge on any atom is 0.319 e. The largest absolute Gasteiger partial charge is 0.432 e. The third kappa shape index (κ3) is 3.10. The SMILES string of the molecule is CNCCN(C)C(=O)c1nc2cc(Cl)c3c(c2o1)C1(CCCCC1)NC(=O)N3. The van der Waals surface area contributed by atoms with Crippen LogP contribution in [0.1, 0.15) is 48.4 Å². The minimum absolute atomic E-state index is 0.0286. The first-order chi connectivity index (χ1) is 13.4. The zero-order chi connectivity index (χ0) is 19.9. The van der Waals surface area contributed by atoms with Crippen LogP contribution in [-0.2, 0) is 5.54 Å². The van der Waals surface area contributed by atoms with Crippen LogP contribution in [0.4, 0.5) is 10.5 Å². The zero-order valence-electron chi connectivity index (χ0n) is 16.0. The fraction of sp³-hybridized carbons (Fsp3) is 0.526. The van der Waals surface area contributed by atoms with Crippen LogP contribution in [0, 0.1) is 0 Å². The van der Waals surface area contributed by atoms with Crippen LogP contribution in [0.2, 0.25) is 5.02 Å². The molecule has 2 aromatic rings. The number of likely N-dealkylation sites (N-methyl/N-ethyl adjacent to an activating group) is 2. The summed E-state index contributed by atoms with van der Waals surface area (Å²) in [6.45, 7) is 1.21. The predicted molar refractivity (Wildman–Crippen MR) is 107 cm³/mol. The molecule has 9 heteroatoms. The molecular formula is C19H24ClN5O3. The molecule has 1 spiro atoms. The molecule has 28 heavy (non-hydrogen) atoms. The van der Waals surface area contributed by atoms with E-state index in [9.17, 15) is 9.59 Å². The Balaban J connectivity index is 1.83. The highest BCUT2D eigenvalue weighted by Crippen LogP contribution is 2.48. The fourth-order valence-corrected chi connectivity index (χ4v) is 4.45. The number of nitrogens with zero attached hydrogens (tertiary/aromatic N) is 2. The summed E-state index contributed by atoms with van der Waals surface area (Å²) >= 11 is 6.48. The number of halogens is 1. The van der Waals surface area contributed by atoms with Gasteiger partial charge in [-0.15, -0.1) is 0 Å². The van der Waals surface area contributed by atoms with Crippen LogP contribution < -0.4 is 16.0 Å². The molecule has 0 radical (unpaired) electrons. The van der Waals surface area contributed by atoms with Gasteiger partial charge in [0.2, 0.25) is 0 Å². The molecule has 1 saturated carbocycles. The van der Waals surface area contributed by atoms with E-state index < -0.39 is 5.54 Å². The monoisotopic (exact) mass is 405 g/mol. The number of benzene rings is 1. The van der Waals surface area contributed by atoms with Crippen LogP contribution in [0.3, 0.4) is 0 Å². The van der Waals surface area contributed by atoms with Crippen LogP contribution in [0.15, 0.2) is 10.5 Å². The Morgan fingerprint density at radius 1 is 1.39 bits per heavy atom. The number of fused-ring (bicyclic) bond motifs is 4. The standard InChI is InChI=1S/C19H24ClN5O3/c1-21-8-9-25(2)17(26)16-22-12-10-11(20)14-13(15(12)28-16)19(24-18(27)23-14)6-4-3-5-7-19/h10,21H,3-9H2,1-2H3,(H2,23,24,27). The second kappa shape index (κ2) is 7.25. The molecule has 1 fully saturated rings. The van der Waals surface area contributed by atoms with Crippen molar-refractivity contribution in [1.29, 1.82) is 0 Å². The second-order valence-electron chi connectivity index (χ2n) is 7.53. The van der Waals surface area contributed by atoms with Crippen molar-refractivity contribution >= 4 is 40.3 Å². The Morgan fingerprint density at radius 2 is 2.14 bits per heavy atom. The summed E-state index contributed by atoms with van der Waals surface area (Å²) in [6, 6.07) is 1.38. The summed E-state index contributed by atoms with van der Waals surface area (Å²) in [5.41, 5.74) is 1.85. The molecule has 0 atom stereocenters. The van der Waals surface area contributed by atoms with Gasteiger partial charge < -0.3 is 25.3 Å². The van der Waals surface area contributed by atoms with Gasteiger partial charge in [0.15, 0.2) is 5.58 Å². The third-order valence-corrected chi connectivity index (χ3v) is 5.93. The van der Waals surface area contributed by atoms with E-state index in [0.717, 1.165) is 37.7 Å². The lowest BCUT2D eigenvalue weighted by Gasteiger charge is -2.42.